The number of hydrogen-bond acceptors (Lipinski definition) is 8. The number of hydrogen-bond donors (Lipinski definition) is 4. The summed E-state index contributed by atoms with van der Waals surface area (Å²) in [5, 5.41) is 41.3. The largest absolute Gasteiger partial charge is 0.508 e. The van der Waals surface area contributed by atoms with E-state index in [2.05, 4.69) is 0 Å². The van der Waals surface area contributed by atoms with Gasteiger partial charge >= 0.3 is 0 Å². The molecular formula is C25H28O8. The van der Waals surface area contributed by atoms with E-state index < -0.39 is 23.9 Å². The highest BCUT2D eigenvalue weighted by atomic mass is 16.5. The van der Waals surface area contributed by atoms with Gasteiger partial charge in [0.15, 0.2) is 17.3 Å². The second-order valence-corrected chi connectivity index (χ2v) is 9.20. The quantitative estimate of drug-likeness (QED) is 0.513. The Kier molecular flexibility index (Phi) is 5.76. The number of carbonyl (C=O) groups is 1. The zero-order chi connectivity index (χ0) is 24.1. The molecule has 2 heterocycles. The summed E-state index contributed by atoms with van der Waals surface area (Å²) in [5.74, 6) is -0.192. The molecular weight excluding hydrogens is 428 g/mol. The maximum absolute atomic E-state index is 12.7. The minimum absolute atomic E-state index is 0.0163. The van der Waals surface area contributed by atoms with E-state index in [0.29, 0.717) is 22.6 Å². The third kappa shape index (κ3) is 4.24. The molecule has 2 aliphatic heterocycles. The van der Waals surface area contributed by atoms with Gasteiger partial charge in [-0.3, -0.25) is 4.79 Å². The molecule has 8 nitrogen and oxygen atoms in total. The van der Waals surface area contributed by atoms with E-state index in [-0.39, 0.29) is 41.6 Å². The van der Waals surface area contributed by atoms with Crippen LogP contribution >= 0.6 is 0 Å². The van der Waals surface area contributed by atoms with Gasteiger partial charge in [-0.25, -0.2) is 0 Å². The van der Waals surface area contributed by atoms with Gasteiger partial charge in [0.25, 0.3) is 0 Å². The van der Waals surface area contributed by atoms with Gasteiger partial charge in [-0.2, -0.15) is 0 Å². The number of phenolic OH excluding ortho intramolecular Hbond substituents is 2. The minimum atomic E-state index is -1.24. The number of aliphatic hydroxyl groups excluding tert-OH is 2. The van der Waals surface area contributed by atoms with Gasteiger partial charge in [0.2, 0.25) is 0 Å². The van der Waals surface area contributed by atoms with Crippen LogP contribution in [0.3, 0.4) is 0 Å². The number of phenols is 2. The van der Waals surface area contributed by atoms with Gasteiger partial charge in [0.05, 0.1) is 6.42 Å². The lowest BCUT2D eigenvalue weighted by Crippen LogP contribution is -2.48. The predicted molar refractivity (Wildman–Crippen MR) is 119 cm³/mol. The van der Waals surface area contributed by atoms with Crippen molar-refractivity contribution in [3.63, 3.8) is 0 Å². The molecule has 0 fully saturated rings. The SMILES string of the molecule is CC(C)=CCOc1cc(C2CC(=O)c3c(O)cc(O)cc3O2)cc2c1OC(C)(C)[C@@H](O)[C@H]2O. The molecule has 2 aromatic rings. The van der Waals surface area contributed by atoms with Crippen LogP contribution in [0.2, 0.25) is 0 Å². The van der Waals surface area contributed by atoms with Crippen LogP contribution in [0.5, 0.6) is 28.7 Å². The summed E-state index contributed by atoms with van der Waals surface area (Å²) < 4.78 is 17.9. The Morgan fingerprint density at radius 3 is 2.61 bits per heavy atom. The van der Waals surface area contributed by atoms with E-state index in [1.54, 1.807) is 26.0 Å². The first-order valence-corrected chi connectivity index (χ1v) is 10.7. The van der Waals surface area contributed by atoms with Crippen molar-refractivity contribution in [2.24, 2.45) is 0 Å². The van der Waals surface area contributed by atoms with E-state index in [9.17, 15) is 25.2 Å². The van der Waals surface area contributed by atoms with Gasteiger partial charge in [0, 0.05) is 17.7 Å². The lowest BCUT2D eigenvalue weighted by atomic mass is 9.86. The van der Waals surface area contributed by atoms with Crippen molar-refractivity contribution in [2.45, 2.75) is 58.0 Å². The molecule has 0 bridgehead atoms. The number of allylic oxidation sites excluding steroid dienone is 1. The normalized spacial score (nSPS) is 23.0. The number of aliphatic hydroxyl groups is 2. The number of carbonyl (C=O) groups excluding carboxylic acids is 1. The molecule has 0 saturated heterocycles. The fourth-order valence-corrected chi connectivity index (χ4v) is 4.05. The van der Waals surface area contributed by atoms with E-state index in [4.69, 9.17) is 14.2 Å². The number of benzene rings is 2. The molecule has 1 unspecified atom stereocenters. The van der Waals surface area contributed by atoms with Crippen LogP contribution in [0.15, 0.2) is 35.9 Å². The molecule has 3 atom stereocenters. The summed E-state index contributed by atoms with van der Waals surface area (Å²) in [6.45, 7) is 7.50. The van der Waals surface area contributed by atoms with E-state index >= 15 is 0 Å². The predicted octanol–water partition coefficient (Wildman–Crippen LogP) is 3.71. The molecule has 33 heavy (non-hydrogen) atoms. The van der Waals surface area contributed by atoms with Crippen molar-refractivity contribution in [1.82, 2.24) is 0 Å². The van der Waals surface area contributed by atoms with E-state index in [1.165, 1.54) is 6.07 Å². The topological polar surface area (TPSA) is 126 Å². The third-order valence-electron chi connectivity index (χ3n) is 5.89. The van der Waals surface area contributed by atoms with Crippen molar-refractivity contribution < 1.29 is 39.4 Å². The summed E-state index contributed by atoms with van der Waals surface area (Å²) in [6, 6.07) is 5.67. The molecule has 0 aromatic heterocycles. The highest BCUT2D eigenvalue weighted by Gasteiger charge is 2.44. The Morgan fingerprint density at radius 2 is 1.91 bits per heavy atom. The number of aromatic hydroxyl groups is 2. The molecule has 0 radical (unpaired) electrons. The number of Topliss-reactive ketones (excluding diaryl/α,β-unsaturated/α-hetero) is 1. The molecule has 0 amide bonds. The second-order valence-electron chi connectivity index (χ2n) is 9.20. The lowest BCUT2D eigenvalue weighted by molar-refractivity contribution is -0.112. The van der Waals surface area contributed by atoms with Crippen LogP contribution in [0, 0.1) is 0 Å². The summed E-state index contributed by atoms with van der Waals surface area (Å²) in [5.41, 5.74) is 0.884. The van der Waals surface area contributed by atoms with Crippen molar-refractivity contribution >= 4 is 5.78 Å². The first kappa shape index (κ1) is 22.9. The second kappa shape index (κ2) is 8.28. The van der Waals surface area contributed by atoms with Crippen molar-refractivity contribution in [1.29, 1.82) is 0 Å². The Morgan fingerprint density at radius 1 is 1.18 bits per heavy atom. The summed E-state index contributed by atoms with van der Waals surface area (Å²) in [7, 11) is 0. The first-order valence-electron chi connectivity index (χ1n) is 10.7. The van der Waals surface area contributed by atoms with E-state index in [1.807, 2.05) is 19.9 Å². The molecule has 4 rings (SSSR count). The van der Waals surface area contributed by atoms with Gasteiger partial charge in [-0.15, -0.1) is 0 Å². The fourth-order valence-electron chi connectivity index (χ4n) is 4.05. The average molecular weight is 456 g/mol. The molecule has 0 spiro atoms. The highest BCUT2D eigenvalue weighted by Crippen LogP contribution is 2.48. The van der Waals surface area contributed by atoms with Crippen LogP contribution in [0.1, 0.15) is 67.8 Å². The van der Waals surface area contributed by atoms with Crippen LogP contribution in [0.4, 0.5) is 0 Å². The van der Waals surface area contributed by atoms with Crippen LogP contribution < -0.4 is 14.2 Å². The Bertz CT molecular complexity index is 1130. The van der Waals surface area contributed by atoms with Gasteiger partial charge in [0.1, 0.15) is 53.3 Å². The number of ketones is 1. The fraction of sp³-hybridized carbons (Fsp3) is 0.400. The Hall–Kier alpha value is -3.23. The maximum atomic E-state index is 12.7. The Labute approximate surface area is 191 Å². The third-order valence-corrected chi connectivity index (χ3v) is 5.89. The zero-order valence-electron chi connectivity index (χ0n) is 19.0. The smallest absolute Gasteiger partial charge is 0.174 e. The van der Waals surface area contributed by atoms with Gasteiger partial charge in [-0.1, -0.05) is 5.57 Å². The van der Waals surface area contributed by atoms with Gasteiger partial charge in [-0.05, 0) is 51.5 Å². The Balaban J connectivity index is 1.78. The molecule has 2 aliphatic rings. The van der Waals surface area contributed by atoms with E-state index in [0.717, 1.165) is 11.6 Å². The van der Waals surface area contributed by atoms with Crippen molar-refractivity contribution in [3.05, 3.63) is 52.6 Å². The standard InChI is InChI=1S/C25H28O8/c1-12(2)5-6-31-20-8-13(7-15-22(29)24(30)25(3,4)33-23(15)20)18-11-17(28)21-16(27)9-14(26)10-19(21)32-18/h5,7-10,18,22,24,26-27,29-30H,6,11H2,1-4H3/t18?,22-,24-/m0/s1. The molecule has 2 aromatic carbocycles. The molecule has 4 N–H and O–H groups in total. The van der Waals surface area contributed by atoms with Gasteiger partial charge < -0.3 is 34.6 Å². The van der Waals surface area contributed by atoms with Crippen LogP contribution in [0.25, 0.3) is 0 Å². The number of fused-ring (bicyclic) bond motifs is 2. The maximum Gasteiger partial charge on any atom is 0.174 e. The van der Waals surface area contributed by atoms with Crippen molar-refractivity contribution in [3.8, 4) is 28.7 Å². The zero-order valence-corrected chi connectivity index (χ0v) is 19.0. The number of ether oxygens (including phenoxy) is 3. The molecule has 176 valence electrons. The lowest BCUT2D eigenvalue weighted by Gasteiger charge is -2.41. The summed E-state index contributed by atoms with van der Waals surface area (Å²) in [4.78, 5) is 12.7. The number of rotatable bonds is 4. The molecule has 0 saturated carbocycles. The first-order chi connectivity index (χ1) is 15.5. The molecule has 0 aliphatic carbocycles. The summed E-state index contributed by atoms with van der Waals surface area (Å²) in [6.07, 6.45) is -1.37. The highest BCUT2D eigenvalue weighted by molar-refractivity contribution is 6.02. The molecule has 8 heteroatoms. The van der Waals surface area contributed by atoms with Crippen LogP contribution in [-0.4, -0.2) is 44.5 Å². The van der Waals surface area contributed by atoms with Crippen molar-refractivity contribution in [2.75, 3.05) is 6.61 Å². The minimum Gasteiger partial charge on any atom is -0.508 e. The summed E-state index contributed by atoms with van der Waals surface area (Å²) >= 11 is 0. The monoisotopic (exact) mass is 456 g/mol. The average Bonchev–Trinajstić information content (AvgIpc) is 2.71. The van der Waals surface area contributed by atoms with Crippen LogP contribution in [-0.2, 0) is 0 Å².